The average Bonchev–Trinajstić information content (AvgIpc) is 2.90. The molecule has 2 rings (SSSR count). The molecule has 7 heteroatoms. The van der Waals surface area contributed by atoms with Gasteiger partial charge in [-0.1, -0.05) is 12.2 Å². The van der Waals surface area contributed by atoms with Gasteiger partial charge >= 0.3 is 6.18 Å². The van der Waals surface area contributed by atoms with Crippen molar-refractivity contribution in [2.45, 2.75) is 6.18 Å². The van der Waals surface area contributed by atoms with E-state index in [4.69, 9.17) is 5.26 Å². The topological polar surface area (TPSA) is 64.3 Å². The Morgan fingerprint density at radius 1 is 1.30 bits per heavy atom. The molecule has 1 N–H and O–H groups in total. The molecular weight excluding hydrogens is 273 g/mol. The van der Waals surface area contributed by atoms with E-state index in [0.29, 0.717) is 19.2 Å². The molecule has 1 aromatic rings. The fourth-order valence-electron chi connectivity index (χ4n) is 1.89. The Kier molecular flexibility index (Phi) is 3.40. The van der Waals surface area contributed by atoms with E-state index < -0.39 is 29.0 Å². The zero-order chi connectivity index (χ0) is 14.9. The van der Waals surface area contributed by atoms with Crippen LogP contribution in [0.4, 0.5) is 13.2 Å². The number of phenolic OH excluding ortho intramolecular Hbond substituents is 1. The molecule has 0 saturated carbocycles. The number of rotatable bonds is 1. The van der Waals surface area contributed by atoms with Gasteiger partial charge in [0.1, 0.15) is 11.8 Å². The Labute approximate surface area is 112 Å². The van der Waals surface area contributed by atoms with Crippen LogP contribution in [-0.4, -0.2) is 29.0 Å². The van der Waals surface area contributed by atoms with E-state index in [1.54, 1.807) is 12.2 Å². The number of hydrogen-bond donors (Lipinski definition) is 1. The number of aromatic hydroxyl groups is 1. The minimum Gasteiger partial charge on any atom is -0.506 e. The van der Waals surface area contributed by atoms with Gasteiger partial charge in [-0.2, -0.15) is 18.4 Å². The number of amides is 1. The molecule has 104 valence electrons. The van der Waals surface area contributed by atoms with Crippen molar-refractivity contribution in [1.29, 1.82) is 5.26 Å². The number of nitrogens with zero attached hydrogens (tertiary/aromatic N) is 2. The number of halogens is 3. The third-order valence-electron chi connectivity index (χ3n) is 2.89. The Bertz CT molecular complexity index is 622. The predicted octanol–water partition coefficient (Wildman–Crippen LogP) is 2.29. The van der Waals surface area contributed by atoms with Crippen LogP contribution < -0.4 is 0 Å². The van der Waals surface area contributed by atoms with Crippen LogP contribution in [0.3, 0.4) is 0 Å². The van der Waals surface area contributed by atoms with Gasteiger partial charge in [0.2, 0.25) is 0 Å². The maximum Gasteiger partial charge on any atom is 0.420 e. The van der Waals surface area contributed by atoms with Crippen molar-refractivity contribution in [2.75, 3.05) is 13.1 Å². The zero-order valence-corrected chi connectivity index (χ0v) is 10.1. The molecule has 1 aliphatic heterocycles. The Balaban J connectivity index is 2.49. The van der Waals surface area contributed by atoms with Crippen molar-refractivity contribution in [3.05, 3.63) is 41.0 Å². The number of benzene rings is 1. The van der Waals surface area contributed by atoms with E-state index in [1.807, 2.05) is 0 Å². The summed E-state index contributed by atoms with van der Waals surface area (Å²) in [5.74, 6) is -1.77. The Hall–Kier alpha value is -2.49. The molecule has 0 fully saturated rings. The predicted molar refractivity (Wildman–Crippen MR) is 62.9 cm³/mol. The first-order valence-electron chi connectivity index (χ1n) is 5.63. The monoisotopic (exact) mass is 282 g/mol. The van der Waals surface area contributed by atoms with Gasteiger partial charge in [0.05, 0.1) is 11.1 Å². The minimum absolute atomic E-state index is 0.268. The van der Waals surface area contributed by atoms with Crippen molar-refractivity contribution >= 4 is 5.91 Å². The van der Waals surface area contributed by atoms with Crippen molar-refractivity contribution < 1.29 is 23.1 Å². The lowest BCUT2D eigenvalue weighted by molar-refractivity contribution is -0.138. The molecule has 0 aromatic heterocycles. The molecule has 4 nitrogen and oxygen atoms in total. The second kappa shape index (κ2) is 4.89. The van der Waals surface area contributed by atoms with Crippen LogP contribution in [0.1, 0.15) is 21.5 Å². The highest BCUT2D eigenvalue weighted by atomic mass is 19.4. The molecule has 0 radical (unpaired) electrons. The normalized spacial score (nSPS) is 14.4. The number of hydrogen-bond acceptors (Lipinski definition) is 3. The van der Waals surface area contributed by atoms with Crippen molar-refractivity contribution in [2.24, 2.45) is 0 Å². The SMILES string of the molecule is N#Cc1cc(C(=O)N2CC=CC2)cc(C(F)(F)F)c1O. The first kappa shape index (κ1) is 13.9. The van der Waals surface area contributed by atoms with Crippen LogP contribution in [0.25, 0.3) is 0 Å². The fraction of sp³-hybridized carbons (Fsp3) is 0.231. The highest BCUT2D eigenvalue weighted by Gasteiger charge is 2.36. The summed E-state index contributed by atoms with van der Waals surface area (Å²) in [6.07, 6.45) is -1.41. The molecule has 0 saturated heterocycles. The van der Waals surface area contributed by atoms with Crippen LogP contribution in [0.15, 0.2) is 24.3 Å². The lowest BCUT2D eigenvalue weighted by atomic mass is 10.0. The van der Waals surface area contributed by atoms with Gasteiger partial charge in [-0.15, -0.1) is 0 Å². The number of phenols is 1. The second-order valence-electron chi connectivity index (χ2n) is 4.21. The highest BCUT2D eigenvalue weighted by molar-refractivity contribution is 5.95. The molecule has 1 heterocycles. The molecule has 0 spiro atoms. The molecule has 0 aliphatic carbocycles. The van der Waals surface area contributed by atoms with Gasteiger partial charge in [-0.05, 0) is 12.1 Å². The number of carbonyl (C=O) groups is 1. The summed E-state index contributed by atoms with van der Waals surface area (Å²) in [5, 5.41) is 18.2. The van der Waals surface area contributed by atoms with Crippen LogP contribution in [0.5, 0.6) is 5.75 Å². The van der Waals surface area contributed by atoms with Gasteiger partial charge in [0.25, 0.3) is 5.91 Å². The van der Waals surface area contributed by atoms with Gasteiger partial charge < -0.3 is 10.0 Å². The summed E-state index contributed by atoms with van der Waals surface area (Å²) in [7, 11) is 0. The van der Waals surface area contributed by atoms with E-state index in [9.17, 15) is 23.1 Å². The molecule has 1 aromatic carbocycles. The lowest BCUT2D eigenvalue weighted by Crippen LogP contribution is -2.28. The molecule has 20 heavy (non-hydrogen) atoms. The van der Waals surface area contributed by atoms with E-state index in [0.717, 1.165) is 6.07 Å². The van der Waals surface area contributed by atoms with Crippen LogP contribution in [0.2, 0.25) is 0 Å². The van der Waals surface area contributed by atoms with Crippen LogP contribution >= 0.6 is 0 Å². The van der Waals surface area contributed by atoms with Crippen molar-refractivity contribution in [1.82, 2.24) is 4.90 Å². The quantitative estimate of drug-likeness (QED) is 0.804. The largest absolute Gasteiger partial charge is 0.506 e. The number of nitriles is 1. The first-order chi connectivity index (χ1) is 9.34. The fourth-order valence-corrected chi connectivity index (χ4v) is 1.89. The Morgan fingerprint density at radius 2 is 1.90 bits per heavy atom. The summed E-state index contributed by atoms with van der Waals surface area (Å²) in [6, 6.07) is 2.99. The van der Waals surface area contributed by atoms with Crippen molar-refractivity contribution in [3.8, 4) is 11.8 Å². The average molecular weight is 282 g/mol. The highest BCUT2D eigenvalue weighted by Crippen LogP contribution is 2.38. The maximum absolute atomic E-state index is 12.8. The van der Waals surface area contributed by atoms with Gasteiger partial charge in [-0.25, -0.2) is 0 Å². The molecule has 0 atom stereocenters. The maximum atomic E-state index is 12.8. The molecule has 1 amide bonds. The summed E-state index contributed by atoms with van der Waals surface area (Å²) in [5.41, 5.74) is -2.22. The molecule has 0 bridgehead atoms. The van der Waals surface area contributed by atoms with E-state index in [1.165, 1.54) is 11.0 Å². The standard InChI is InChI=1S/C13H9F3N2O2/c14-13(15,16)10-6-8(5-9(7-17)11(10)19)12(20)18-3-1-2-4-18/h1-2,5-6,19H,3-4H2. The Morgan fingerprint density at radius 3 is 2.40 bits per heavy atom. The van der Waals surface area contributed by atoms with Crippen LogP contribution in [-0.2, 0) is 6.18 Å². The van der Waals surface area contributed by atoms with E-state index in [2.05, 4.69) is 0 Å². The summed E-state index contributed by atoms with van der Waals surface area (Å²) in [4.78, 5) is 13.4. The lowest BCUT2D eigenvalue weighted by Gasteiger charge is -2.17. The van der Waals surface area contributed by atoms with Gasteiger partial charge in [0.15, 0.2) is 0 Å². The van der Waals surface area contributed by atoms with Crippen molar-refractivity contribution in [3.63, 3.8) is 0 Å². The van der Waals surface area contributed by atoms with Gasteiger partial charge in [0, 0.05) is 18.7 Å². The third-order valence-corrected chi connectivity index (χ3v) is 2.89. The molecule has 0 unspecified atom stereocenters. The summed E-state index contributed by atoms with van der Waals surface area (Å²) in [6.45, 7) is 0.617. The third kappa shape index (κ3) is 2.45. The van der Waals surface area contributed by atoms with E-state index >= 15 is 0 Å². The number of alkyl halides is 3. The summed E-state index contributed by atoms with van der Waals surface area (Å²) >= 11 is 0. The smallest absolute Gasteiger partial charge is 0.420 e. The van der Waals surface area contributed by atoms with Crippen LogP contribution in [0, 0.1) is 11.3 Å². The first-order valence-corrected chi connectivity index (χ1v) is 5.63. The summed E-state index contributed by atoms with van der Waals surface area (Å²) < 4.78 is 38.3. The number of carbonyl (C=O) groups excluding carboxylic acids is 1. The van der Waals surface area contributed by atoms with E-state index in [-0.39, 0.29) is 5.56 Å². The minimum atomic E-state index is -4.84. The molecule has 1 aliphatic rings. The molecular formula is C13H9F3N2O2. The zero-order valence-electron chi connectivity index (χ0n) is 10.1. The second-order valence-corrected chi connectivity index (χ2v) is 4.21. The van der Waals surface area contributed by atoms with Gasteiger partial charge in [-0.3, -0.25) is 4.79 Å².